The van der Waals surface area contributed by atoms with Crippen molar-refractivity contribution in [3.63, 3.8) is 0 Å². The van der Waals surface area contributed by atoms with Gasteiger partial charge in [-0.1, -0.05) is 69.4 Å². The van der Waals surface area contributed by atoms with Crippen LogP contribution in [0.2, 0.25) is 0 Å². The Balaban J connectivity index is 2.70. The first-order valence-electron chi connectivity index (χ1n) is 7.92. The Kier molecular flexibility index (Phi) is 7.81. The smallest absolute Gasteiger partial charge is 0.00172 e. The second kappa shape index (κ2) is 9.14. The van der Waals surface area contributed by atoms with Crippen LogP contribution >= 0.6 is 0 Å². The van der Waals surface area contributed by atoms with Crippen LogP contribution in [0.1, 0.15) is 63.0 Å². The molecule has 0 saturated heterocycles. The van der Waals surface area contributed by atoms with Crippen molar-refractivity contribution in [1.82, 2.24) is 5.32 Å². The summed E-state index contributed by atoms with van der Waals surface area (Å²) < 4.78 is 0. The third kappa shape index (κ3) is 5.78. The number of hydrogen-bond donors (Lipinski definition) is 1. The van der Waals surface area contributed by atoms with E-state index in [1.54, 1.807) is 0 Å². The summed E-state index contributed by atoms with van der Waals surface area (Å²) in [6.07, 6.45) is 6.71. The number of aryl methyl sites for hydroxylation is 1. The highest BCUT2D eigenvalue weighted by molar-refractivity contribution is 5.25. The lowest BCUT2D eigenvalue weighted by Gasteiger charge is -2.23. The molecule has 0 bridgehead atoms. The Bertz CT molecular complexity index is 345. The molecule has 0 radical (unpaired) electrons. The van der Waals surface area contributed by atoms with E-state index in [1.165, 1.54) is 43.2 Å². The molecule has 0 aromatic heterocycles. The summed E-state index contributed by atoms with van der Waals surface area (Å²) in [7, 11) is 2.07. The first kappa shape index (κ1) is 16.2. The Morgan fingerprint density at radius 2 is 2.00 bits per heavy atom. The zero-order chi connectivity index (χ0) is 14.1. The number of unbranched alkanes of at least 4 members (excludes halogenated alkanes) is 1. The van der Waals surface area contributed by atoms with Gasteiger partial charge in [-0.2, -0.15) is 0 Å². The predicted octanol–water partition coefficient (Wildman–Crippen LogP) is 4.90. The molecule has 2 atom stereocenters. The molecule has 0 fully saturated rings. The molecular weight excluding hydrogens is 230 g/mol. The van der Waals surface area contributed by atoms with Gasteiger partial charge in [0.05, 0.1) is 0 Å². The zero-order valence-corrected chi connectivity index (χ0v) is 13.2. The third-order valence-electron chi connectivity index (χ3n) is 4.13. The number of hydrogen-bond acceptors (Lipinski definition) is 1. The molecule has 108 valence electrons. The molecule has 1 nitrogen and oxygen atoms in total. The molecule has 1 rings (SSSR count). The predicted molar refractivity (Wildman–Crippen MR) is 85.8 cm³/mol. The molecule has 0 aliphatic carbocycles. The SMILES string of the molecule is CCCCC(CC)CC(CNC)c1cccc(C)c1. The topological polar surface area (TPSA) is 12.0 Å². The van der Waals surface area contributed by atoms with Crippen molar-refractivity contribution >= 4 is 0 Å². The van der Waals surface area contributed by atoms with Crippen molar-refractivity contribution in [2.75, 3.05) is 13.6 Å². The van der Waals surface area contributed by atoms with E-state index in [1.807, 2.05) is 0 Å². The van der Waals surface area contributed by atoms with Gasteiger partial charge in [0.15, 0.2) is 0 Å². The molecule has 1 N–H and O–H groups in total. The fourth-order valence-corrected chi connectivity index (χ4v) is 2.89. The highest BCUT2D eigenvalue weighted by Gasteiger charge is 2.16. The van der Waals surface area contributed by atoms with E-state index in [2.05, 4.69) is 57.4 Å². The fraction of sp³-hybridized carbons (Fsp3) is 0.667. The summed E-state index contributed by atoms with van der Waals surface area (Å²) in [6, 6.07) is 9.03. The molecule has 0 aliphatic rings. The third-order valence-corrected chi connectivity index (χ3v) is 4.13. The summed E-state index contributed by atoms with van der Waals surface area (Å²) in [5, 5.41) is 3.37. The van der Waals surface area contributed by atoms with Gasteiger partial charge in [-0.25, -0.2) is 0 Å². The molecule has 0 saturated carbocycles. The van der Waals surface area contributed by atoms with Crippen molar-refractivity contribution < 1.29 is 0 Å². The number of likely N-dealkylation sites (N-methyl/N-ethyl adjacent to an activating group) is 1. The number of rotatable bonds is 9. The van der Waals surface area contributed by atoms with Crippen LogP contribution in [0.5, 0.6) is 0 Å². The van der Waals surface area contributed by atoms with E-state index in [9.17, 15) is 0 Å². The van der Waals surface area contributed by atoms with Crippen LogP contribution in [0.3, 0.4) is 0 Å². The van der Waals surface area contributed by atoms with Crippen LogP contribution in [-0.2, 0) is 0 Å². The van der Waals surface area contributed by atoms with Crippen molar-refractivity contribution in [3.8, 4) is 0 Å². The molecular formula is C18H31N. The zero-order valence-electron chi connectivity index (χ0n) is 13.2. The van der Waals surface area contributed by atoms with E-state index in [4.69, 9.17) is 0 Å². The van der Waals surface area contributed by atoms with Gasteiger partial charge in [0.2, 0.25) is 0 Å². The maximum absolute atomic E-state index is 3.37. The van der Waals surface area contributed by atoms with Gasteiger partial charge in [-0.15, -0.1) is 0 Å². The Morgan fingerprint density at radius 3 is 2.58 bits per heavy atom. The molecule has 19 heavy (non-hydrogen) atoms. The molecule has 0 amide bonds. The fourth-order valence-electron chi connectivity index (χ4n) is 2.89. The Labute approximate surface area is 119 Å². The van der Waals surface area contributed by atoms with Gasteiger partial charge in [-0.3, -0.25) is 0 Å². The van der Waals surface area contributed by atoms with Gasteiger partial charge in [0.1, 0.15) is 0 Å². The van der Waals surface area contributed by atoms with Gasteiger partial charge >= 0.3 is 0 Å². The molecule has 1 aromatic carbocycles. The average molecular weight is 261 g/mol. The van der Waals surface area contributed by atoms with Crippen molar-refractivity contribution in [1.29, 1.82) is 0 Å². The van der Waals surface area contributed by atoms with Gasteiger partial charge in [0, 0.05) is 6.54 Å². The van der Waals surface area contributed by atoms with Gasteiger partial charge in [-0.05, 0) is 37.8 Å². The first-order chi connectivity index (χ1) is 9.21. The highest BCUT2D eigenvalue weighted by Crippen LogP contribution is 2.28. The maximum atomic E-state index is 3.37. The van der Waals surface area contributed by atoms with Gasteiger partial charge in [0.25, 0.3) is 0 Å². The molecule has 0 spiro atoms. The largest absolute Gasteiger partial charge is 0.319 e. The Hall–Kier alpha value is -0.820. The number of benzene rings is 1. The summed E-state index contributed by atoms with van der Waals surface area (Å²) in [5.41, 5.74) is 2.88. The lowest BCUT2D eigenvalue weighted by atomic mass is 9.84. The summed E-state index contributed by atoms with van der Waals surface area (Å²) in [4.78, 5) is 0. The molecule has 0 heterocycles. The average Bonchev–Trinajstić information content (AvgIpc) is 2.42. The van der Waals surface area contributed by atoms with E-state index in [0.29, 0.717) is 5.92 Å². The van der Waals surface area contributed by atoms with Crippen molar-refractivity contribution in [2.45, 2.75) is 58.8 Å². The van der Waals surface area contributed by atoms with E-state index in [-0.39, 0.29) is 0 Å². The minimum atomic E-state index is 0.659. The standard InChI is InChI=1S/C18H31N/c1-5-7-10-16(6-2)13-18(14-19-4)17-11-8-9-15(3)12-17/h8-9,11-12,16,18-19H,5-7,10,13-14H2,1-4H3. The van der Waals surface area contributed by atoms with Crippen LogP contribution in [0.4, 0.5) is 0 Å². The normalized spacial score (nSPS) is 14.3. The van der Waals surface area contributed by atoms with E-state index >= 15 is 0 Å². The van der Waals surface area contributed by atoms with Crippen LogP contribution in [-0.4, -0.2) is 13.6 Å². The minimum absolute atomic E-state index is 0.659. The lowest BCUT2D eigenvalue weighted by molar-refractivity contribution is 0.380. The summed E-state index contributed by atoms with van der Waals surface area (Å²) >= 11 is 0. The van der Waals surface area contributed by atoms with Crippen molar-refractivity contribution in [3.05, 3.63) is 35.4 Å². The Morgan fingerprint density at radius 1 is 1.21 bits per heavy atom. The maximum Gasteiger partial charge on any atom is 0.00172 e. The first-order valence-corrected chi connectivity index (χ1v) is 7.92. The lowest BCUT2D eigenvalue weighted by Crippen LogP contribution is -2.20. The number of nitrogens with one attached hydrogen (secondary N) is 1. The minimum Gasteiger partial charge on any atom is -0.319 e. The molecule has 0 aliphatic heterocycles. The highest BCUT2D eigenvalue weighted by atomic mass is 14.8. The molecule has 2 unspecified atom stereocenters. The van der Waals surface area contributed by atoms with Crippen LogP contribution in [0.15, 0.2) is 24.3 Å². The monoisotopic (exact) mass is 261 g/mol. The molecule has 1 heteroatoms. The van der Waals surface area contributed by atoms with Crippen LogP contribution < -0.4 is 5.32 Å². The second-order valence-electron chi connectivity index (χ2n) is 5.82. The van der Waals surface area contributed by atoms with E-state index < -0.39 is 0 Å². The van der Waals surface area contributed by atoms with E-state index in [0.717, 1.165) is 12.5 Å². The molecule has 1 aromatic rings. The quantitative estimate of drug-likeness (QED) is 0.666. The van der Waals surface area contributed by atoms with Crippen LogP contribution in [0.25, 0.3) is 0 Å². The van der Waals surface area contributed by atoms with Crippen molar-refractivity contribution in [2.24, 2.45) is 5.92 Å². The summed E-state index contributed by atoms with van der Waals surface area (Å²) in [6.45, 7) is 7.91. The second-order valence-corrected chi connectivity index (χ2v) is 5.82. The van der Waals surface area contributed by atoms with Gasteiger partial charge < -0.3 is 5.32 Å². The van der Waals surface area contributed by atoms with Crippen LogP contribution in [0, 0.1) is 12.8 Å². The summed E-state index contributed by atoms with van der Waals surface area (Å²) in [5.74, 6) is 1.53.